The lowest BCUT2D eigenvalue weighted by Crippen LogP contribution is -2.29. The topological polar surface area (TPSA) is 66.2 Å². The Morgan fingerprint density at radius 3 is 2.43 bits per heavy atom. The number of esters is 1. The summed E-state index contributed by atoms with van der Waals surface area (Å²) >= 11 is 7.85. The first-order valence-corrected chi connectivity index (χ1v) is 12.7. The molecule has 0 saturated carbocycles. The highest BCUT2D eigenvalue weighted by Gasteiger charge is 2.34. The molecule has 4 aromatic rings. The van der Waals surface area contributed by atoms with E-state index in [0.29, 0.717) is 22.8 Å². The number of thiazole rings is 1. The summed E-state index contributed by atoms with van der Waals surface area (Å²) in [5, 5.41) is 1.63. The highest BCUT2D eigenvalue weighted by molar-refractivity contribution is 7.09. The van der Waals surface area contributed by atoms with Crippen LogP contribution in [0.5, 0.6) is 0 Å². The molecule has 0 spiro atoms. The summed E-state index contributed by atoms with van der Waals surface area (Å²) < 4.78 is 13.7. The number of aromatic nitrogens is 3. The van der Waals surface area contributed by atoms with Crippen LogP contribution in [0, 0.1) is 20.8 Å². The Bertz CT molecular complexity index is 1370. The average Bonchev–Trinajstić information content (AvgIpc) is 3.39. The van der Waals surface area contributed by atoms with Gasteiger partial charge in [-0.05, 0) is 64.8 Å². The van der Waals surface area contributed by atoms with Crippen LogP contribution in [-0.2, 0) is 20.8 Å². The molecule has 3 heterocycles. The molecule has 0 N–H and O–H groups in total. The molecule has 0 unspecified atom stereocenters. The van der Waals surface area contributed by atoms with Crippen LogP contribution in [-0.4, -0.2) is 33.2 Å². The molecule has 35 heavy (non-hydrogen) atoms. The summed E-state index contributed by atoms with van der Waals surface area (Å²) in [6.07, 6.45) is 0.948. The number of hydrogen-bond donors (Lipinski definition) is 0. The van der Waals surface area contributed by atoms with Gasteiger partial charge in [0.15, 0.2) is 6.10 Å². The lowest BCUT2D eigenvalue weighted by Gasteiger charge is -2.28. The molecule has 6 nitrogen and oxygen atoms in total. The van der Waals surface area contributed by atoms with Crippen molar-refractivity contribution < 1.29 is 14.3 Å². The van der Waals surface area contributed by atoms with E-state index < -0.39 is 17.7 Å². The summed E-state index contributed by atoms with van der Waals surface area (Å²) in [5.74, 6) is -0.460. The Balaban J connectivity index is 2.09. The van der Waals surface area contributed by atoms with Gasteiger partial charge in [-0.15, -0.1) is 11.3 Å². The molecule has 0 fully saturated rings. The molecule has 0 aliphatic rings. The largest absolute Gasteiger partial charge is 0.467 e. The zero-order valence-electron chi connectivity index (χ0n) is 21.1. The smallest absolute Gasteiger partial charge is 0.339 e. The van der Waals surface area contributed by atoms with Crippen LogP contribution in [0.4, 0.5) is 0 Å². The van der Waals surface area contributed by atoms with Crippen molar-refractivity contribution in [3.05, 3.63) is 68.4 Å². The van der Waals surface area contributed by atoms with Crippen LogP contribution >= 0.6 is 22.9 Å². The maximum Gasteiger partial charge on any atom is 0.339 e. The van der Waals surface area contributed by atoms with Gasteiger partial charge >= 0.3 is 5.97 Å². The van der Waals surface area contributed by atoms with Crippen molar-refractivity contribution in [3.8, 4) is 11.1 Å². The second-order valence-corrected chi connectivity index (χ2v) is 11.0. The van der Waals surface area contributed by atoms with Crippen molar-refractivity contribution in [2.75, 3.05) is 7.11 Å². The molecule has 0 aliphatic heterocycles. The maximum absolute atomic E-state index is 13.1. The summed E-state index contributed by atoms with van der Waals surface area (Å²) in [6.45, 7) is 12.6. The molecule has 4 rings (SSSR count). The molecule has 184 valence electrons. The van der Waals surface area contributed by atoms with E-state index in [-0.39, 0.29) is 0 Å². The predicted octanol–water partition coefficient (Wildman–Crippen LogP) is 6.82. The Kier molecular flexibility index (Phi) is 7.04. The van der Waals surface area contributed by atoms with Crippen LogP contribution in [0.25, 0.3) is 22.2 Å². The highest BCUT2D eigenvalue weighted by atomic mass is 35.5. The molecular weight excluding hydrogens is 482 g/mol. The molecule has 0 saturated heterocycles. The van der Waals surface area contributed by atoms with E-state index in [1.54, 1.807) is 11.3 Å². The summed E-state index contributed by atoms with van der Waals surface area (Å²) in [7, 11) is 1.38. The normalized spacial score (nSPS) is 12.8. The summed E-state index contributed by atoms with van der Waals surface area (Å²) in [4.78, 5) is 23.5. The molecule has 1 atom stereocenters. The second-order valence-electron chi connectivity index (χ2n) is 9.59. The molecule has 8 heteroatoms. The molecule has 0 radical (unpaired) electrons. The van der Waals surface area contributed by atoms with E-state index in [1.807, 2.05) is 63.7 Å². The number of benzene rings is 1. The van der Waals surface area contributed by atoms with Crippen molar-refractivity contribution in [3.63, 3.8) is 0 Å². The summed E-state index contributed by atoms with van der Waals surface area (Å²) in [6, 6.07) is 7.66. The molecular formula is C27H30ClN3O3S. The molecule has 0 amide bonds. The number of methoxy groups -OCH3 is 1. The first kappa shape index (κ1) is 25.4. The van der Waals surface area contributed by atoms with Crippen LogP contribution in [0.15, 0.2) is 36.0 Å². The Hall–Kier alpha value is -2.74. The Labute approximate surface area is 214 Å². The number of aryl methyl sites for hydroxylation is 2. The lowest BCUT2D eigenvalue weighted by molar-refractivity contribution is -0.164. The molecule has 3 aromatic heterocycles. The fourth-order valence-electron chi connectivity index (χ4n) is 4.39. The first-order valence-electron chi connectivity index (χ1n) is 11.4. The van der Waals surface area contributed by atoms with Crippen molar-refractivity contribution in [2.45, 2.75) is 59.8 Å². The van der Waals surface area contributed by atoms with E-state index in [2.05, 4.69) is 23.4 Å². The number of nitrogens with zero attached hydrogens (tertiary/aromatic N) is 3. The zero-order chi connectivity index (χ0) is 25.5. The van der Waals surface area contributed by atoms with E-state index in [4.69, 9.17) is 26.1 Å². The van der Waals surface area contributed by atoms with E-state index in [1.165, 1.54) is 7.11 Å². The van der Waals surface area contributed by atoms with Crippen LogP contribution in [0.2, 0.25) is 5.02 Å². The van der Waals surface area contributed by atoms with E-state index in [9.17, 15) is 4.79 Å². The van der Waals surface area contributed by atoms with E-state index >= 15 is 0 Å². The number of fused-ring (bicyclic) bond motifs is 1. The van der Waals surface area contributed by atoms with Crippen molar-refractivity contribution >= 4 is 39.9 Å². The van der Waals surface area contributed by atoms with Gasteiger partial charge in [-0.2, -0.15) is 0 Å². The number of ether oxygens (including phenoxy) is 2. The van der Waals surface area contributed by atoms with Gasteiger partial charge in [0, 0.05) is 44.0 Å². The van der Waals surface area contributed by atoms with Crippen LogP contribution in [0.3, 0.4) is 0 Å². The number of halogens is 1. The van der Waals surface area contributed by atoms with Gasteiger partial charge in [-0.1, -0.05) is 23.7 Å². The van der Waals surface area contributed by atoms with Gasteiger partial charge in [-0.3, -0.25) is 4.98 Å². The average molecular weight is 512 g/mol. The van der Waals surface area contributed by atoms with Crippen molar-refractivity contribution in [2.24, 2.45) is 0 Å². The third-order valence-electron chi connectivity index (χ3n) is 6.06. The number of hydrogen-bond acceptors (Lipinski definition) is 6. The molecule has 0 bridgehead atoms. The first-order chi connectivity index (χ1) is 16.5. The number of pyridine rings is 1. The quantitative estimate of drug-likeness (QED) is 0.266. The van der Waals surface area contributed by atoms with Crippen LogP contribution in [0.1, 0.15) is 54.3 Å². The molecule has 1 aromatic carbocycles. The monoisotopic (exact) mass is 511 g/mol. The van der Waals surface area contributed by atoms with Gasteiger partial charge in [0.25, 0.3) is 0 Å². The van der Waals surface area contributed by atoms with Gasteiger partial charge in [0.2, 0.25) is 0 Å². The Morgan fingerprint density at radius 2 is 1.86 bits per heavy atom. The van der Waals surface area contributed by atoms with Crippen LogP contribution < -0.4 is 0 Å². The zero-order valence-corrected chi connectivity index (χ0v) is 22.7. The second kappa shape index (κ2) is 9.72. The SMILES string of the molecule is COC(=O)[C@@H](OC(C)(C)C)c1c(C)nc2c(c(C)c(C)n2Cc2cncs2)c1-c1ccc(Cl)cc1. The standard InChI is InChI=1S/C27H30ClN3O3S/c1-15-17(3)31(13-20-12-29-14-35-20)25-21(15)23(18-8-10-19(28)11-9-18)22(16(2)30-25)24(26(32)33-7)34-27(4,5)6/h8-12,14,24H,13H2,1-7H3/t24-/m0/s1. The third-order valence-corrected chi connectivity index (χ3v) is 7.08. The Morgan fingerprint density at radius 1 is 1.17 bits per heavy atom. The van der Waals surface area contributed by atoms with Crippen molar-refractivity contribution in [1.29, 1.82) is 0 Å². The number of carbonyl (C=O) groups is 1. The minimum Gasteiger partial charge on any atom is -0.467 e. The predicted molar refractivity (Wildman–Crippen MR) is 141 cm³/mol. The number of rotatable bonds is 6. The fourth-order valence-corrected chi connectivity index (χ4v) is 5.10. The maximum atomic E-state index is 13.1. The van der Waals surface area contributed by atoms with Gasteiger partial charge in [0.05, 0.1) is 24.8 Å². The van der Waals surface area contributed by atoms with Gasteiger partial charge < -0.3 is 14.0 Å². The number of carbonyl (C=O) groups excluding carboxylic acids is 1. The minimum absolute atomic E-state index is 0.460. The third kappa shape index (κ3) is 4.99. The molecule has 0 aliphatic carbocycles. The highest BCUT2D eigenvalue weighted by Crippen LogP contribution is 2.42. The van der Waals surface area contributed by atoms with Gasteiger partial charge in [-0.25, -0.2) is 9.78 Å². The van der Waals surface area contributed by atoms with E-state index in [0.717, 1.165) is 38.3 Å². The minimum atomic E-state index is -0.938. The van der Waals surface area contributed by atoms with Crippen molar-refractivity contribution in [1.82, 2.24) is 14.5 Å². The lowest BCUT2D eigenvalue weighted by atomic mass is 9.91. The van der Waals surface area contributed by atoms with Gasteiger partial charge in [0.1, 0.15) is 5.65 Å². The fraction of sp³-hybridized carbons (Fsp3) is 0.370. The summed E-state index contributed by atoms with van der Waals surface area (Å²) in [5.41, 5.74) is 7.59.